The summed E-state index contributed by atoms with van der Waals surface area (Å²) >= 11 is 1.87. The lowest BCUT2D eigenvalue weighted by molar-refractivity contribution is 0.713. The minimum Gasteiger partial charge on any atom is -0.310 e. The molecule has 0 aliphatic heterocycles. The maximum atomic E-state index is 2.54. The Kier molecular flexibility index (Phi) is 7.73. The van der Waals surface area contributed by atoms with Crippen LogP contribution in [-0.2, 0) is 10.8 Å². The highest BCUT2D eigenvalue weighted by Crippen LogP contribution is 2.58. The van der Waals surface area contributed by atoms with Gasteiger partial charge < -0.3 is 4.90 Å². The Balaban J connectivity index is 1.13. The Hall–Kier alpha value is -7.00. The molecule has 0 bridgehead atoms. The molecule has 60 heavy (non-hydrogen) atoms. The Morgan fingerprint density at radius 2 is 0.933 bits per heavy atom. The summed E-state index contributed by atoms with van der Waals surface area (Å²) in [6.07, 6.45) is 0. The number of nitrogens with zero attached hydrogens (tertiary/aromatic N) is 1. The van der Waals surface area contributed by atoms with Crippen molar-refractivity contribution in [2.45, 2.75) is 24.7 Å². The zero-order chi connectivity index (χ0) is 40.0. The van der Waals surface area contributed by atoms with Crippen LogP contribution in [0.5, 0.6) is 0 Å². The number of anilines is 3. The fourth-order valence-corrected chi connectivity index (χ4v) is 11.9. The Morgan fingerprint density at radius 1 is 0.383 bits per heavy atom. The molecule has 9 aromatic carbocycles. The number of fused-ring (bicyclic) bond motifs is 9. The molecule has 0 amide bonds. The number of rotatable bonds is 6. The maximum Gasteiger partial charge on any atom is 0.0543 e. The Morgan fingerprint density at radius 3 is 1.72 bits per heavy atom. The Bertz CT molecular complexity index is 3310. The zero-order valence-corrected chi connectivity index (χ0v) is 34.4. The van der Waals surface area contributed by atoms with Gasteiger partial charge >= 0.3 is 0 Å². The molecule has 2 aliphatic rings. The largest absolute Gasteiger partial charge is 0.310 e. The molecule has 12 rings (SSSR count). The molecule has 2 aliphatic carbocycles. The quantitative estimate of drug-likeness (QED) is 0.162. The lowest BCUT2D eigenvalue weighted by atomic mass is 9.74. The van der Waals surface area contributed by atoms with Crippen molar-refractivity contribution in [3.63, 3.8) is 0 Å². The lowest BCUT2D eigenvalue weighted by Crippen LogP contribution is -2.23. The van der Waals surface area contributed by atoms with Gasteiger partial charge in [-0.1, -0.05) is 170 Å². The summed E-state index contributed by atoms with van der Waals surface area (Å²) in [5.74, 6) is 0. The van der Waals surface area contributed by atoms with Gasteiger partial charge in [0.15, 0.2) is 0 Å². The van der Waals surface area contributed by atoms with E-state index in [9.17, 15) is 0 Å². The van der Waals surface area contributed by atoms with Crippen molar-refractivity contribution in [2.75, 3.05) is 4.90 Å². The van der Waals surface area contributed by atoms with E-state index in [-0.39, 0.29) is 10.8 Å². The van der Waals surface area contributed by atoms with Crippen LogP contribution in [0.15, 0.2) is 212 Å². The molecule has 1 aromatic heterocycles. The fraction of sp³-hybridized carbons (Fsp3) is 0.0690. The number of hydrogen-bond acceptors (Lipinski definition) is 2. The first-order valence-corrected chi connectivity index (χ1v) is 21.7. The first-order chi connectivity index (χ1) is 29.5. The monoisotopic (exact) mass is 783 g/mol. The van der Waals surface area contributed by atoms with Crippen LogP contribution in [0.2, 0.25) is 0 Å². The predicted octanol–water partition coefficient (Wildman–Crippen LogP) is 15.9. The van der Waals surface area contributed by atoms with Gasteiger partial charge in [0.05, 0.1) is 5.69 Å². The van der Waals surface area contributed by atoms with Crippen molar-refractivity contribution in [3.8, 4) is 33.4 Å². The average molecular weight is 784 g/mol. The van der Waals surface area contributed by atoms with Crippen molar-refractivity contribution in [3.05, 3.63) is 246 Å². The molecule has 2 atom stereocenters. The molecule has 1 heterocycles. The Labute approximate surface area is 355 Å². The van der Waals surface area contributed by atoms with Crippen LogP contribution in [0.3, 0.4) is 0 Å². The summed E-state index contributed by atoms with van der Waals surface area (Å²) in [6.45, 7) is 4.82. The minimum absolute atomic E-state index is 0.322. The van der Waals surface area contributed by atoms with Crippen LogP contribution >= 0.6 is 11.3 Å². The third-order valence-electron chi connectivity index (χ3n) is 13.6. The van der Waals surface area contributed by atoms with Crippen LogP contribution in [-0.4, -0.2) is 0 Å². The van der Waals surface area contributed by atoms with Gasteiger partial charge in [-0.25, -0.2) is 0 Å². The van der Waals surface area contributed by atoms with Crippen molar-refractivity contribution < 1.29 is 0 Å². The van der Waals surface area contributed by atoms with Crippen molar-refractivity contribution >= 4 is 48.6 Å². The van der Waals surface area contributed by atoms with Gasteiger partial charge in [-0.3, -0.25) is 0 Å². The van der Waals surface area contributed by atoms with Crippen LogP contribution < -0.4 is 4.90 Å². The topological polar surface area (TPSA) is 3.24 Å². The van der Waals surface area contributed by atoms with E-state index in [2.05, 4.69) is 231 Å². The van der Waals surface area contributed by atoms with Gasteiger partial charge in [0, 0.05) is 47.9 Å². The molecule has 0 fully saturated rings. The molecule has 0 spiro atoms. The molecular formula is C58H41NS. The first-order valence-electron chi connectivity index (χ1n) is 20.9. The average Bonchev–Trinajstić information content (AvgIpc) is 3.92. The van der Waals surface area contributed by atoms with Gasteiger partial charge in [0.1, 0.15) is 0 Å². The van der Waals surface area contributed by atoms with E-state index in [1.54, 1.807) is 0 Å². The van der Waals surface area contributed by atoms with E-state index in [4.69, 9.17) is 0 Å². The fourth-order valence-electron chi connectivity index (χ4n) is 10.7. The van der Waals surface area contributed by atoms with Gasteiger partial charge in [0.2, 0.25) is 0 Å². The van der Waals surface area contributed by atoms with E-state index in [0.717, 1.165) is 11.4 Å². The molecule has 0 radical (unpaired) electrons. The molecule has 2 heteroatoms. The molecule has 2 unspecified atom stereocenters. The normalized spacial score (nSPS) is 17.3. The van der Waals surface area contributed by atoms with Gasteiger partial charge in [-0.2, -0.15) is 0 Å². The second kappa shape index (κ2) is 13.3. The standard InChI is InChI=1S/C58H41NS/c1-57(39-19-5-3-6-20-39)49-29-13-10-25-46(49)56-50(57)30-17-31-52(56)59(41-23-15-18-38(36-41)43-27-16-33-54-55(43)47-26-11-14-32-53(47)60-54)42-34-35-45-44-24-9-12-28-48(44)58(2,51(45)37-42)40-21-7-4-8-22-40/h3-37H,1-2H3. The summed E-state index contributed by atoms with van der Waals surface area (Å²) in [4.78, 5) is 2.54. The van der Waals surface area contributed by atoms with Crippen LogP contribution in [0.25, 0.3) is 53.6 Å². The number of benzene rings is 9. The third-order valence-corrected chi connectivity index (χ3v) is 14.8. The first kappa shape index (κ1) is 35.0. The highest BCUT2D eigenvalue weighted by atomic mass is 32.1. The van der Waals surface area contributed by atoms with Gasteiger partial charge in [-0.05, 0) is 118 Å². The second-order valence-electron chi connectivity index (χ2n) is 16.7. The third kappa shape index (κ3) is 4.92. The smallest absolute Gasteiger partial charge is 0.0543 e. The molecule has 0 N–H and O–H groups in total. The summed E-state index contributed by atoms with van der Waals surface area (Å²) in [5.41, 5.74) is 18.4. The summed E-state index contributed by atoms with van der Waals surface area (Å²) in [5, 5.41) is 2.63. The van der Waals surface area contributed by atoms with E-state index < -0.39 is 0 Å². The SMILES string of the molecule is CC1(c2ccccc2)c2ccccc2-c2ccc(N(c3cccc(-c4cccc5sc6ccccc6c45)c3)c3cccc4c3-c3ccccc3C4(C)c3ccccc3)cc21. The van der Waals surface area contributed by atoms with Crippen LogP contribution in [0, 0.1) is 0 Å². The number of thiophene rings is 1. The molecule has 10 aromatic rings. The zero-order valence-electron chi connectivity index (χ0n) is 33.6. The lowest BCUT2D eigenvalue weighted by Gasteiger charge is -2.32. The van der Waals surface area contributed by atoms with Crippen molar-refractivity contribution in [1.29, 1.82) is 0 Å². The van der Waals surface area contributed by atoms with Gasteiger partial charge in [-0.15, -0.1) is 11.3 Å². The maximum absolute atomic E-state index is 2.54. The summed E-state index contributed by atoms with van der Waals surface area (Å²) in [7, 11) is 0. The highest BCUT2D eigenvalue weighted by Gasteiger charge is 2.44. The van der Waals surface area contributed by atoms with Crippen LogP contribution in [0.1, 0.15) is 47.2 Å². The van der Waals surface area contributed by atoms with E-state index >= 15 is 0 Å². The summed E-state index contributed by atoms with van der Waals surface area (Å²) in [6, 6.07) is 79.2. The molecule has 284 valence electrons. The minimum atomic E-state index is -0.330. The van der Waals surface area contributed by atoms with E-state index in [1.165, 1.54) is 92.6 Å². The van der Waals surface area contributed by atoms with Crippen molar-refractivity contribution in [1.82, 2.24) is 0 Å². The van der Waals surface area contributed by atoms with E-state index in [0.29, 0.717) is 0 Å². The molecule has 0 saturated carbocycles. The van der Waals surface area contributed by atoms with Crippen LogP contribution in [0.4, 0.5) is 17.1 Å². The van der Waals surface area contributed by atoms with Gasteiger partial charge in [0.25, 0.3) is 0 Å². The summed E-state index contributed by atoms with van der Waals surface area (Å²) < 4.78 is 2.63. The van der Waals surface area contributed by atoms with E-state index in [1.807, 2.05) is 11.3 Å². The highest BCUT2D eigenvalue weighted by molar-refractivity contribution is 7.25. The number of hydrogen-bond donors (Lipinski definition) is 0. The predicted molar refractivity (Wildman–Crippen MR) is 254 cm³/mol. The second-order valence-corrected chi connectivity index (χ2v) is 17.7. The molecular weight excluding hydrogens is 743 g/mol. The molecule has 1 nitrogen and oxygen atoms in total. The molecule has 0 saturated heterocycles. The van der Waals surface area contributed by atoms with Crippen molar-refractivity contribution in [2.24, 2.45) is 0 Å².